The Balaban J connectivity index is 0.00000323. The van der Waals surface area contributed by atoms with Gasteiger partial charge in [0.15, 0.2) is 0 Å². The van der Waals surface area contributed by atoms with Crippen LogP contribution >= 0.6 is 12.4 Å². The highest BCUT2D eigenvalue weighted by molar-refractivity contribution is 5.95. The molecule has 0 saturated heterocycles. The van der Waals surface area contributed by atoms with Gasteiger partial charge >= 0.3 is 0 Å². The molecule has 2 N–H and O–H groups in total. The van der Waals surface area contributed by atoms with Crippen LogP contribution in [0.2, 0.25) is 0 Å². The summed E-state index contributed by atoms with van der Waals surface area (Å²) in [5, 5.41) is 10.3. The number of rotatable bonds is 11. The third kappa shape index (κ3) is 6.22. The predicted molar refractivity (Wildman–Crippen MR) is 173 cm³/mol. The highest BCUT2D eigenvalue weighted by atomic mass is 35.5. The second-order valence-electron chi connectivity index (χ2n) is 11.7. The number of fused-ring (bicyclic) bond motifs is 4. The average Bonchev–Trinajstić information content (AvgIpc) is 2.97. The summed E-state index contributed by atoms with van der Waals surface area (Å²) in [6.07, 6.45) is 17.4. The molecule has 0 aliphatic heterocycles. The van der Waals surface area contributed by atoms with Gasteiger partial charge < -0.3 is 10.6 Å². The fraction of sp³-hybridized carbons (Fsp3) is 0.486. The van der Waals surface area contributed by atoms with Crippen LogP contribution in [0.4, 0.5) is 11.4 Å². The van der Waals surface area contributed by atoms with Crippen molar-refractivity contribution in [1.82, 2.24) is 9.97 Å². The van der Waals surface area contributed by atoms with Crippen LogP contribution in [0, 0.1) is 6.92 Å². The number of hydrogen-bond donors (Lipinski definition) is 2. The molecule has 0 radical (unpaired) electrons. The summed E-state index contributed by atoms with van der Waals surface area (Å²) in [6.45, 7) is 4.31. The molecule has 2 aliphatic rings. The normalized spacial score (nSPS) is 14.4. The van der Waals surface area contributed by atoms with E-state index in [9.17, 15) is 0 Å². The molecule has 2 heterocycles. The molecule has 2 aromatic heterocycles. The predicted octanol–water partition coefficient (Wildman–Crippen LogP) is 9.14. The standard InChI is InChI=1S/C35H44N4.ClH/c1-25-15-14-19-29-33(25)39-32-22-11-8-18-28(32)35(29)37-24-13-5-3-2-4-12-23-36-34-26-16-6-9-20-30(26)38-31-21-10-7-17-27(31)34;/h6,9,14-16,19-20H,2-5,7-8,10-13,17-18,21-24H2,1H3,(H,36,38)(H,37,39);1H. The van der Waals surface area contributed by atoms with Gasteiger partial charge in [-0.1, -0.05) is 62.1 Å². The number of halogens is 1. The summed E-state index contributed by atoms with van der Waals surface area (Å²) in [5.74, 6) is 0. The van der Waals surface area contributed by atoms with E-state index in [1.807, 2.05) is 0 Å². The fourth-order valence-corrected chi connectivity index (χ4v) is 6.75. The van der Waals surface area contributed by atoms with Gasteiger partial charge in [-0.05, 0) is 93.9 Å². The second-order valence-corrected chi connectivity index (χ2v) is 11.7. The Morgan fingerprint density at radius 3 is 1.85 bits per heavy atom. The molecule has 2 aromatic carbocycles. The van der Waals surface area contributed by atoms with E-state index in [0.29, 0.717) is 0 Å². The lowest BCUT2D eigenvalue weighted by Gasteiger charge is -2.22. The van der Waals surface area contributed by atoms with Crippen LogP contribution in [0.5, 0.6) is 0 Å². The minimum absolute atomic E-state index is 0. The zero-order valence-electron chi connectivity index (χ0n) is 24.2. The van der Waals surface area contributed by atoms with Gasteiger partial charge in [-0.25, -0.2) is 0 Å². The van der Waals surface area contributed by atoms with E-state index in [-0.39, 0.29) is 12.4 Å². The lowest BCUT2D eigenvalue weighted by molar-refractivity contribution is 0.609. The smallest absolute Gasteiger partial charge is 0.0755 e. The van der Waals surface area contributed by atoms with E-state index in [1.165, 1.54) is 133 Å². The zero-order valence-corrected chi connectivity index (χ0v) is 25.0. The minimum atomic E-state index is 0. The first-order chi connectivity index (χ1) is 19.3. The van der Waals surface area contributed by atoms with Gasteiger partial charge in [-0.3, -0.25) is 9.97 Å². The second kappa shape index (κ2) is 13.7. The fourth-order valence-electron chi connectivity index (χ4n) is 6.75. The summed E-state index contributed by atoms with van der Waals surface area (Å²) in [7, 11) is 0. The summed E-state index contributed by atoms with van der Waals surface area (Å²) in [6, 6.07) is 15.3. The largest absolute Gasteiger partial charge is 0.384 e. The van der Waals surface area contributed by atoms with Crippen LogP contribution in [-0.2, 0) is 25.7 Å². The van der Waals surface area contributed by atoms with Gasteiger partial charge in [-0.2, -0.15) is 0 Å². The number of benzene rings is 2. The maximum Gasteiger partial charge on any atom is 0.0755 e. The number of anilines is 2. The minimum Gasteiger partial charge on any atom is -0.384 e. The van der Waals surface area contributed by atoms with Gasteiger partial charge in [0.25, 0.3) is 0 Å². The number of para-hydroxylation sites is 2. The lowest BCUT2D eigenvalue weighted by atomic mass is 9.92. The molecular formula is C35H45ClN4. The lowest BCUT2D eigenvalue weighted by Crippen LogP contribution is -2.12. The number of aryl methyl sites for hydroxylation is 3. The van der Waals surface area contributed by atoms with Crippen LogP contribution in [0.15, 0.2) is 42.5 Å². The molecule has 2 aliphatic carbocycles. The van der Waals surface area contributed by atoms with Crippen LogP contribution < -0.4 is 10.6 Å². The van der Waals surface area contributed by atoms with Crippen molar-refractivity contribution >= 4 is 45.6 Å². The van der Waals surface area contributed by atoms with Crippen LogP contribution in [0.25, 0.3) is 21.8 Å². The molecule has 0 spiro atoms. The number of hydrogen-bond acceptors (Lipinski definition) is 4. The van der Waals surface area contributed by atoms with Crippen molar-refractivity contribution in [3.63, 3.8) is 0 Å². The van der Waals surface area contributed by atoms with Gasteiger partial charge in [-0.15, -0.1) is 12.4 Å². The molecule has 0 fully saturated rings. The molecule has 40 heavy (non-hydrogen) atoms. The third-order valence-electron chi connectivity index (χ3n) is 8.87. The van der Waals surface area contributed by atoms with Gasteiger partial charge in [0.05, 0.1) is 11.0 Å². The maximum absolute atomic E-state index is 5.08. The summed E-state index contributed by atoms with van der Waals surface area (Å²) >= 11 is 0. The Morgan fingerprint density at radius 2 is 1.15 bits per heavy atom. The first kappa shape index (κ1) is 28.7. The van der Waals surface area contributed by atoms with E-state index in [0.717, 1.165) is 31.4 Å². The molecule has 0 unspecified atom stereocenters. The monoisotopic (exact) mass is 556 g/mol. The highest BCUT2D eigenvalue weighted by Crippen LogP contribution is 2.35. The Kier molecular flexibility index (Phi) is 9.80. The number of nitrogens with zero attached hydrogens (tertiary/aromatic N) is 2. The quantitative estimate of drug-likeness (QED) is 0.181. The molecule has 5 heteroatoms. The summed E-state index contributed by atoms with van der Waals surface area (Å²) in [5.41, 5.74) is 12.0. The van der Waals surface area contributed by atoms with Gasteiger partial charge in [0, 0.05) is 46.6 Å². The molecule has 212 valence electrons. The molecule has 0 atom stereocenters. The van der Waals surface area contributed by atoms with E-state index in [2.05, 4.69) is 60.0 Å². The number of unbranched alkanes of at least 4 members (excludes halogenated alkanes) is 5. The number of pyridine rings is 2. The number of nitrogens with one attached hydrogen (secondary N) is 2. The van der Waals surface area contributed by atoms with Crippen molar-refractivity contribution in [2.45, 2.75) is 96.8 Å². The molecule has 6 rings (SSSR count). The zero-order chi connectivity index (χ0) is 26.4. The van der Waals surface area contributed by atoms with E-state index in [4.69, 9.17) is 9.97 Å². The molecule has 4 aromatic rings. The van der Waals surface area contributed by atoms with Crippen molar-refractivity contribution in [2.75, 3.05) is 23.7 Å². The Morgan fingerprint density at radius 1 is 0.600 bits per heavy atom. The molecule has 0 saturated carbocycles. The van der Waals surface area contributed by atoms with E-state index in [1.54, 1.807) is 0 Å². The topological polar surface area (TPSA) is 49.8 Å². The third-order valence-corrected chi connectivity index (χ3v) is 8.87. The molecule has 0 amide bonds. The molecule has 4 nitrogen and oxygen atoms in total. The van der Waals surface area contributed by atoms with Crippen LogP contribution in [-0.4, -0.2) is 23.1 Å². The van der Waals surface area contributed by atoms with Crippen molar-refractivity contribution in [3.8, 4) is 0 Å². The van der Waals surface area contributed by atoms with Crippen molar-refractivity contribution in [3.05, 3.63) is 70.5 Å². The van der Waals surface area contributed by atoms with Gasteiger partial charge in [0.2, 0.25) is 0 Å². The van der Waals surface area contributed by atoms with E-state index >= 15 is 0 Å². The summed E-state index contributed by atoms with van der Waals surface area (Å²) in [4.78, 5) is 10.1. The first-order valence-corrected chi connectivity index (χ1v) is 15.6. The Labute approximate surface area is 246 Å². The van der Waals surface area contributed by atoms with Gasteiger partial charge in [0.1, 0.15) is 0 Å². The van der Waals surface area contributed by atoms with Crippen molar-refractivity contribution in [1.29, 1.82) is 0 Å². The highest BCUT2D eigenvalue weighted by Gasteiger charge is 2.19. The Hall–Kier alpha value is -2.85. The van der Waals surface area contributed by atoms with Crippen LogP contribution in [0.1, 0.15) is 92.3 Å². The summed E-state index contributed by atoms with van der Waals surface area (Å²) < 4.78 is 0. The van der Waals surface area contributed by atoms with E-state index < -0.39 is 0 Å². The van der Waals surface area contributed by atoms with Crippen LogP contribution in [0.3, 0.4) is 0 Å². The maximum atomic E-state index is 5.08. The average molecular weight is 557 g/mol. The molecular weight excluding hydrogens is 512 g/mol. The van der Waals surface area contributed by atoms with Crippen molar-refractivity contribution < 1.29 is 0 Å². The Bertz CT molecular complexity index is 1450. The number of aromatic nitrogens is 2. The van der Waals surface area contributed by atoms with Crippen molar-refractivity contribution in [2.24, 2.45) is 0 Å². The first-order valence-electron chi connectivity index (χ1n) is 15.6. The SMILES string of the molecule is Cc1cccc2c(NCCCCCCCCNc3c4c(nc5ccccc35)CCCC4)c3c(nc12)CCCC3.Cl. The molecule has 0 bridgehead atoms.